The van der Waals surface area contributed by atoms with Gasteiger partial charge in [0.25, 0.3) is 0 Å². The van der Waals surface area contributed by atoms with Gasteiger partial charge < -0.3 is 14.5 Å². The molecule has 388 valence electrons. The van der Waals surface area contributed by atoms with E-state index >= 15 is 8.78 Å². The van der Waals surface area contributed by atoms with E-state index < -0.39 is 11.6 Å². The zero-order chi connectivity index (χ0) is 54.3. The minimum atomic E-state index is -0.629. The smallest absolute Gasteiger partial charge is 0.137 e. The first-order valence-electron chi connectivity index (χ1n) is 26.8. The minimum absolute atomic E-state index is 0.0681. The van der Waals surface area contributed by atoms with Gasteiger partial charge in [-0.15, -0.1) is 0 Å². The summed E-state index contributed by atoms with van der Waals surface area (Å²) >= 11 is 0. The maximum Gasteiger partial charge on any atom is 0.137 e. The standard InChI is InChI=1S/C70H68F2N4O/c1-67(2,3)47-31-32-73-64(39-47)76-60-26-17-16-23-56(60)57-30-29-52(42-63(57)76)77-53-36-46(65-58(69(7,8)9)37-48(68(4,5)6)38-59(65)70(10,11)12)35-51(41-53)74-43-75(62-28-19-18-27-61(62)74)66-54(44-21-14-13-15-22-44)24-20-25-55(66)45-33-49(71)40-50(72)34-45/h13-42H,43H2,1-12H3. The van der Waals surface area contributed by atoms with Gasteiger partial charge in [-0.2, -0.15) is 0 Å². The molecule has 0 bridgehead atoms. The SMILES string of the molecule is CC(C)(C)c1ccnc(-n2c3ccccc3c3ccc(Oc4cc(-c5c(C(C)(C)C)cc(C(C)(C)C)cc5C(C)(C)C)cc(N5CN(c6c(-c7ccccc7)cccc6-c6cc(F)cc(F)c6)c6ccccc65)c4)cc32)c1. The van der Waals surface area contributed by atoms with Crippen LogP contribution < -0.4 is 14.5 Å². The van der Waals surface area contributed by atoms with Gasteiger partial charge >= 0.3 is 0 Å². The summed E-state index contributed by atoms with van der Waals surface area (Å²) in [4.78, 5) is 9.60. The summed E-state index contributed by atoms with van der Waals surface area (Å²) in [6.07, 6.45) is 1.91. The Bertz CT molecular complexity index is 3840. The van der Waals surface area contributed by atoms with Gasteiger partial charge in [0, 0.05) is 52.0 Å². The van der Waals surface area contributed by atoms with Crippen molar-refractivity contribution in [2.45, 2.75) is 105 Å². The summed E-state index contributed by atoms with van der Waals surface area (Å²) in [5, 5.41) is 2.25. The zero-order valence-electron chi connectivity index (χ0n) is 46.5. The lowest BCUT2D eigenvalue weighted by Crippen LogP contribution is -2.25. The molecule has 77 heavy (non-hydrogen) atoms. The van der Waals surface area contributed by atoms with E-state index in [2.05, 4.69) is 225 Å². The van der Waals surface area contributed by atoms with Crippen LogP contribution in [0, 0.1) is 11.6 Å². The first-order chi connectivity index (χ1) is 36.5. The molecule has 11 rings (SSSR count). The molecule has 7 heteroatoms. The van der Waals surface area contributed by atoms with E-state index in [0.29, 0.717) is 23.7 Å². The second kappa shape index (κ2) is 18.9. The van der Waals surface area contributed by atoms with E-state index in [1.54, 1.807) is 0 Å². The Morgan fingerprint density at radius 3 is 1.69 bits per heavy atom. The molecule has 1 aliphatic rings. The number of rotatable bonds is 8. The number of halogens is 2. The van der Waals surface area contributed by atoms with Crippen molar-refractivity contribution in [1.29, 1.82) is 0 Å². The lowest BCUT2D eigenvalue weighted by molar-refractivity contribution is 0.483. The van der Waals surface area contributed by atoms with Crippen LogP contribution in [0.25, 0.3) is 61.0 Å². The van der Waals surface area contributed by atoms with Crippen molar-refractivity contribution < 1.29 is 13.5 Å². The van der Waals surface area contributed by atoms with Gasteiger partial charge in [0.1, 0.15) is 35.6 Å². The molecule has 3 heterocycles. The molecule has 0 fully saturated rings. The number of hydrogen-bond donors (Lipinski definition) is 0. The van der Waals surface area contributed by atoms with E-state index in [9.17, 15) is 0 Å². The van der Waals surface area contributed by atoms with E-state index in [0.717, 1.165) is 78.7 Å². The molecule has 0 N–H and O–H groups in total. The molecule has 0 amide bonds. The predicted molar refractivity (Wildman–Crippen MR) is 318 cm³/mol. The van der Waals surface area contributed by atoms with Crippen LogP contribution in [0.4, 0.5) is 31.5 Å². The molecule has 1 aliphatic heterocycles. The molecule has 10 aromatic rings. The topological polar surface area (TPSA) is 33.5 Å². The molecule has 0 radical (unpaired) electrons. The summed E-state index contributed by atoms with van der Waals surface area (Å²) in [5.41, 5.74) is 15.6. The largest absolute Gasteiger partial charge is 0.457 e. The van der Waals surface area contributed by atoms with E-state index in [-0.39, 0.29) is 21.7 Å². The Kier molecular flexibility index (Phi) is 12.5. The van der Waals surface area contributed by atoms with Crippen molar-refractivity contribution in [3.8, 4) is 50.7 Å². The normalized spacial score (nSPS) is 13.2. The summed E-state index contributed by atoms with van der Waals surface area (Å²) in [6, 6.07) is 59.2. The highest BCUT2D eigenvalue weighted by atomic mass is 19.1. The Balaban J connectivity index is 1.14. The van der Waals surface area contributed by atoms with Crippen molar-refractivity contribution in [2.24, 2.45) is 0 Å². The van der Waals surface area contributed by atoms with Gasteiger partial charge in [-0.25, -0.2) is 13.8 Å². The highest BCUT2D eigenvalue weighted by Gasteiger charge is 2.34. The third-order valence-corrected chi connectivity index (χ3v) is 15.1. The monoisotopic (exact) mass is 1020 g/mol. The molecule has 0 spiro atoms. The number of aromatic nitrogens is 2. The maximum atomic E-state index is 15.2. The van der Waals surface area contributed by atoms with Crippen LogP contribution in [0.1, 0.15) is 105 Å². The molecule has 8 aromatic carbocycles. The number of para-hydroxylation sites is 4. The van der Waals surface area contributed by atoms with Crippen LogP contribution >= 0.6 is 0 Å². The fraction of sp³-hybridized carbons (Fsp3) is 0.243. The quantitative estimate of drug-likeness (QED) is 0.152. The Morgan fingerprint density at radius 1 is 0.442 bits per heavy atom. The first-order valence-corrected chi connectivity index (χ1v) is 26.8. The number of benzene rings is 8. The van der Waals surface area contributed by atoms with Gasteiger partial charge in [-0.1, -0.05) is 174 Å². The van der Waals surface area contributed by atoms with Gasteiger partial charge in [-0.3, -0.25) is 4.57 Å². The second-order valence-electron chi connectivity index (χ2n) is 24.9. The van der Waals surface area contributed by atoms with Gasteiger partial charge in [0.2, 0.25) is 0 Å². The average molecular weight is 1020 g/mol. The second-order valence-corrected chi connectivity index (χ2v) is 24.9. The number of fused-ring (bicyclic) bond motifs is 4. The fourth-order valence-corrected chi connectivity index (χ4v) is 11.2. The first kappa shape index (κ1) is 51.1. The molecular weight excluding hydrogens is 951 g/mol. The Hall–Kier alpha value is -8.03. The van der Waals surface area contributed by atoms with Gasteiger partial charge in [0.15, 0.2) is 0 Å². The third kappa shape index (κ3) is 9.66. The summed E-state index contributed by atoms with van der Waals surface area (Å²) in [5.74, 6) is 0.971. The number of anilines is 4. The maximum absolute atomic E-state index is 15.2. The fourth-order valence-electron chi connectivity index (χ4n) is 11.2. The van der Waals surface area contributed by atoms with Crippen LogP contribution in [0.3, 0.4) is 0 Å². The van der Waals surface area contributed by atoms with Crippen molar-refractivity contribution in [1.82, 2.24) is 9.55 Å². The molecule has 0 unspecified atom stereocenters. The highest BCUT2D eigenvalue weighted by Crippen LogP contribution is 2.52. The number of ether oxygens (including phenoxy) is 1. The van der Waals surface area contributed by atoms with Crippen LogP contribution in [0.2, 0.25) is 0 Å². The molecule has 5 nitrogen and oxygen atoms in total. The lowest BCUT2D eigenvalue weighted by Gasteiger charge is -2.34. The van der Waals surface area contributed by atoms with Crippen molar-refractivity contribution in [2.75, 3.05) is 16.5 Å². The molecule has 0 saturated carbocycles. The summed E-state index contributed by atoms with van der Waals surface area (Å²) < 4.78 is 40.0. The van der Waals surface area contributed by atoms with E-state index in [4.69, 9.17) is 9.72 Å². The van der Waals surface area contributed by atoms with Crippen LogP contribution in [-0.2, 0) is 21.7 Å². The molecular formula is C70H68F2N4O. The van der Waals surface area contributed by atoms with E-state index in [1.165, 1.54) is 39.9 Å². The van der Waals surface area contributed by atoms with Crippen LogP contribution in [0.5, 0.6) is 11.5 Å². The Labute approximate surface area is 453 Å². The summed E-state index contributed by atoms with van der Waals surface area (Å²) in [6.45, 7) is 27.8. The highest BCUT2D eigenvalue weighted by molar-refractivity contribution is 6.09. The number of hydrogen-bond acceptors (Lipinski definition) is 4. The van der Waals surface area contributed by atoms with Crippen molar-refractivity contribution in [3.05, 3.63) is 216 Å². The predicted octanol–water partition coefficient (Wildman–Crippen LogP) is 19.7. The number of nitrogens with zero attached hydrogens (tertiary/aromatic N) is 4. The van der Waals surface area contributed by atoms with E-state index in [1.807, 2.05) is 36.5 Å². The lowest BCUT2D eigenvalue weighted by atomic mass is 9.71. The third-order valence-electron chi connectivity index (χ3n) is 15.1. The van der Waals surface area contributed by atoms with Crippen LogP contribution in [-0.4, -0.2) is 16.2 Å². The number of pyridine rings is 1. The molecule has 2 aromatic heterocycles. The van der Waals surface area contributed by atoms with Crippen molar-refractivity contribution >= 4 is 44.6 Å². The van der Waals surface area contributed by atoms with Gasteiger partial charge in [0.05, 0.1) is 28.1 Å². The molecule has 0 saturated heterocycles. The minimum Gasteiger partial charge on any atom is -0.457 e. The van der Waals surface area contributed by atoms with Crippen LogP contribution in [0.15, 0.2) is 182 Å². The molecule has 0 atom stereocenters. The summed E-state index contributed by atoms with van der Waals surface area (Å²) in [7, 11) is 0. The average Bonchev–Trinajstić information content (AvgIpc) is 3.93. The van der Waals surface area contributed by atoms with Gasteiger partial charge in [-0.05, 0) is 133 Å². The Morgan fingerprint density at radius 2 is 1.04 bits per heavy atom. The van der Waals surface area contributed by atoms with Crippen molar-refractivity contribution in [3.63, 3.8) is 0 Å². The molecule has 0 aliphatic carbocycles. The zero-order valence-corrected chi connectivity index (χ0v) is 46.5.